The highest BCUT2D eigenvalue weighted by Gasteiger charge is 2.16. The number of halogens is 1. The summed E-state index contributed by atoms with van der Waals surface area (Å²) in [5.41, 5.74) is 8.69. The minimum absolute atomic E-state index is 0.473. The Morgan fingerprint density at radius 1 is 1.35 bits per heavy atom. The van der Waals surface area contributed by atoms with Gasteiger partial charge < -0.3 is 15.0 Å². The molecule has 3 aromatic rings. The Morgan fingerprint density at radius 3 is 2.85 bits per heavy atom. The zero-order valence-corrected chi connectivity index (χ0v) is 11.8. The summed E-state index contributed by atoms with van der Waals surface area (Å²) in [4.78, 5) is 8.79. The Kier molecular flexibility index (Phi) is 2.99. The summed E-state index contributed by atoms with van der Waals surface area (Å²) in [6.07, 6.45) is 1.71. The molecule has 102 valence electrons. The topological polar surface area (TPSA) is 66.0 Å². The average Bonchev–Trinajstić information content (AvgIpc) is 2.79. The van der Waals surface area contributed by atoms with Crippen LogP contribution < -0.4 is 10.5 Å². The number of pyridine rings is 1. The van der Waals surface area contributed by atoms with Crippen LogP contribution in [0.3, 0.4) is 0 Å². The first-order valence-electron chi connectivity index (χ1n) is 6.02. The number of hydrogen-bond acceptors (Lipinski definition) is 4. The molecular weight excluding hydrogens is 276 g/mol. The molecule has 0 aliphatic rings. The van der Waals surface area contributed by atoms with Gasteiger partial charge in [0.1, 0.15) is 11.6 Å². The van der Waals surface area contributed by atoms with Crippen molar-refractivity contribution in [2.75, 3.05) is 12.8 Å². The molecule has 20 heavy (non-hydrogen) atoms. The first kappa shape index (κ1) is 12.7. The predicted molar refractivity (Wildman–Crippen MR) is 79.9 cm³/mol. The maximum absolute atomic E-state index is 6.11. The Bertz CT molecular complexity index is 797. The number of nitrogens with zero attached hydrogens (tertiary/aromatic N) is 3. The number of hydrogen-bond donors (Lipinski definition) is 1. The highest BCUT2D eigenvalue weighted by atomic mass is 35.5. The minimum Gasteiger partial charge on any atom is -0.496 e. The van der Waals surface area contributed by atoms with Gasteiger partial charge in [-0.25, -0.2) is 9.97 Å². The number of methoxy groups -OCH3 is 1. The van der Waals surface area contributed by atoms with Gasteiger partial charge in [-0.1, -0.05) is 11.6 Å². The fraction of sp³-hybridized carbons (Fsp3) is 0.143. The molecule has 5 nitrogen and oxygen atoms in total. The lowest BCUT2D eigenvalue weighted by atomic mass is 10.1. The van der Waals surface area contributed by atoms with E-state index >= 15 is 0 Å². The van der Waals surface area contributed by atoms with Crippen LogP contribution in [0.15, 0.2) is 30.5 Å². The van der Waals surface area contributed by atoms with Gasteiger partial charge in [-0.05, 0) is 18.2 Å². The van der Waals surface area contributed by atoms with E-state index in [1.807, 2.05) is 23.7 Å². The van der Waals surface area contributed by atoms with Crippen molar-refractivity contribution in [2.45, 2.75) is 0 Å². The van der Waals surface area contributed by atoms with Crippen molar-refractivity contribution in [3.63, 3.8) is 0 Å². The summed E-state index contributed by atoms with van der Waals surface area (Å²) in [5, 5.41) is 0.473. The van der Waals surface area contributed by atoms with Crippen molar-refractivity contribution in [1.82, 2.24) is 14.5 Å². The monoisotopic (exact) mass is 288 g/mol. The second-order valence-electron chi connectivity index (χ2n) is 4.41. The average molecular weight is 289 g/mol. The Hall–Kier alpha value is -2.27. The second-order valence-corrected chi connectivity index (χ2v) is 4.82. The van der Waals surface area contributed by atoms with Gasteiger partial charge >= 0.3 is 0 Å². The van der Waals surface area contributed by atoms with Crippen molar-refractivity contribution in [3.05, 3.63) is 35.5 Å². The summed E-state index contributed by atoms with van der Waals surface area (Å²) in [7, 11) is 3.52. The van der Waals surface area contributed by atoms with E-state index in [-0.39, 0.29) is 0 Å². The summed E-state index contributed by atoms with van der Waals surface area (Å²) in [6, 6.07) is 7.30. The van der Waals surface area contributed by atoms with Gasteiger partial charge in [-0.3, -0.25) is 0 Å². The smallest absolute Gasteiger partial charge is 0.178 e. The SMILES string of the molecule is COc1cc(N)c(Cl)cc1-c1nc2ncccc2n1C. The highest BCUT2D eigenvalue weighted by Crippen LogP contribution is 2.36. The van der Waals surface area contributed by atoms with Crippen molar-refractivity contribution >= 4 is 28.5 Å². The van der Waals surface area contributed by atoms with Gasteiger partial charge in [-0.15, -0.1) is 0 Å². The van der Waals surface area contributed by atoms with E-state index in [4.69, 9.17) is 22.1 Å². The molecule has 0 aliphatic carbocycles. The first-order chi connectivity index (χ1) is 9.61. The van der Waals surface area contributed by atoms with Crippen LogP contribution in [0.2, 0.25) is 5.02 Å². The van der Waals surface area contributed by atoms with Crippen LogP contribution in [0.25, 0.3) is 22.6 Å². The van der Waals surface area contributed by atoms with Crippen molar-refractivity contribution in [2.24, 2.45) is 7.05 Å². The third kappa shape index (κ3) is 1.87. The predicted octanol–water partition coefficient (Wildman–Crippen LogP) is 2.88. The van der Waals surface area contributed by atoms with Gasteiger partial charge in [0.25, 0.3) is 0 Å². The lowest BCUT2D eigenvalue weighted by molar-refractivity contribution is 0.416. The molecule has 0 fully saturated rings. The van der Waals surface area contributed by atoms with Crippen molar-refractivity contribution in [3.8, 4) is 17.1 Å². The molecule has 0 spiro atoms. The summed E-state index contributed by atoms with van der Waals surface area (Å²) < 4.78 is 7.33. The fourth-order valence-electron chi connectivity index (χ4n) is 2.18. The number of anilines is 1. The zero-order valence-electron chi connectivity index (χ0n) is 11.1. The van der Waals surface area contributed by atoms with E-state index in [0.29, 0.717) is 22.1 Å². The molecule has 2 N–H and O–H groups in total. The molecule has 2 aromatic heterocycles. The number of nitrogens with two attached hydrogens (primary N) is 1. The number of fused-ring (bicyclic) bond motifs is 1. The summed E-state index contributed by atoms with van der Waals surface area (Å²) in [6.45, 7) is 0. The summed E-state index contributed by atoms with van der Waals surface area (Å²) in [5.74, 6) is 1.36. The Morgan fingerprint density at radius 2 is 2.15 bits per heavy atom. The molecule has 0 atom stereocenters. The van der Waals surface area contributed by atoms with E-state index < -0.39 is 0 Å². The van der Waals surface area contributed by atoms with Crippen LogP contribution in [0.4, 0.5) is 5.69 Å². The van der Waals surface area contributed by atoms with Crippen LogP contribution >= 0.6 is 11.6 Å². The molecule has 6 heteroatoms. The number of nitrogen functional groups attached to an aromatic ring is 1. The van der Waals surface area contributed by atoms with Gasteiger partial charge in [0.2, 0.25) is 0 Å². The molecule has 0 amide bonds. The summed E-state index contributed by atoms with van der Waals surface area (Å²) >= 11 is 6.11. The lowest BCUT2D eigenvalue weighted by Gasteiger charge is -2.10. The molecule has 0 saturated heterocycles. The largest absolute Gasteiger partial charge is 0.496 e. The van der Waals surface area contributed by atoms with Crippen LogP contribution in [0.1, 0.15) is 0 Å². The maximum atomic E-state index is 6.11. The second kappa shape index (κ2) is 4.68. The van der Waals surface area contributed by atoms with Crippen LogP contribution in [-0.4, -0.2) is 21.6 Å². The fourth-order valence-corrected chi connectivity index (χ4v) is 2.34. The quantitative estimate of drug-likeness (QED) is 0.736. The number of ether oxygens (including phenoxy) is 1. The standard InChI is InChI=1S/C14H13ClN4O/c1-19-11-4-3-5-17-13(11)18-14(19)8-6-9(15)10(16)7-12(8)20-2/h3-7H,16H2,1-2H3. The maximum Gasteiger partial charge on any atom is 0.178 e. The molecule has 0 aliphatic heterocycles. The van der Waals surface area contributed by atoms with E-state index in [2.05, 4.69) is 9.97 Å². The molecule has 0 saturated carbocycles. The molecule has 0 radical (unpaired) electrons. The minimum atomic E-state index is 0.473. The molecular formula is C14H13ClN4O. The van der Waals surface area contributed by atoms with Crippen LogP contribution in [-0.2, 0) is 7.05 Å². The van der Waals surface area contributed by atoms with Gasteiger partial charge in [0.15, 0.2) is 5.65 Å². The number of benzene rings is 1. The Labute approximate surface area is 121 Å². The molecule has 0 unspecified atom stereocenters. The van der Waals surface area contributed by atoms with Crippen molar-refractivity contribution < 1.29 is 4.74 Å². The number of aryl methyl sites for hydroxylation is 1. The Balaban J connectivity index is 2.30. The lowest BCUT2D eigenvalue weighted by Crippen LogP contribution is -1.97. The zero-order chi connectivity index (χ0) is 14.3. The van der Waals surface area contributed by atoms with E-state index in [9.17, 15) is 0 Å². The normalized spacial score (nSPS) is 10.9. The van der Waals surface area contributed by atoms with Gasteiger partial charge in [0, 0.05) is 19.3 Å². The third-order valence-corrected chi connectivity index (χ3v) is 3.54. The first-order valence-corrected chi connectivity index (χ1v) is 6.40. The number of aromatic nitrogens is 3. The molecule has 2 heterocycles. The van der Waals surface area contributed by atoms with E-state index in [1.165, 1.54) is 0 Å². The number of rotatable bonds is 2. The van der Waals surface area contributed by atoms with Gasteiger partial charge in [0.05, 0.1) is 28.9 Å². The van der Waals surface area contributed by atoms with Gasteiger partial charge in [-0.2, -0.15) is 0 Å². The molecule has 1 aromatic carbocycles. The van der Waals surface area contributed by atoms with Crippen LogP contribution in [0.5, 0.6) is 5.75 Å². The molecule has 3 rings (SSSR count). The molecule has 0 bridgehead atoms. The number of imidazole rings is 1. The van der Waals surface area contributed by atoms with E-state index in [0.717, 1.165) is 16.9 Å². The van der Waals surface area contributed by atoms with Crippen molar-refractivity contribution in [1.29, 1.82) is 0 Å². The highest BCUT2D eigenvalue weighted by molar-refractivity contribution is 6.33. The third-order valence-electron chi connectivity index (χ3n) is 3.22. The van der Waals surface area contributed by atoms with E-state index in [1.54, 1.807) is 25.4 Å². The van der Waals surface area contributed by atoms with Crippen LogP contribution in [0, 0.1) is 0 Å².